The third-order valence-corrected chi connectivity index (χ3v) is 5.10. The van der Waals surface area contributed by atoms with Crippen LogP contribution in [0.2, 0.25) is 0 Å². The summed E-state index contributed by atoms with van der Waals surface area (Å²) in [6, 6.07) is 15.6. The fourth-order valence-electron chi connectivity index (χ4n) is 3.62. The number of ether oxygens (including phenoxy) is 1. The predicted molar refractivity (Wildman–Crippen MR) is 103 cm³/mol. The summed E-state index contributed by atoms with van der Waals surface area (Å²) in [4.78, 5) is 28.1. The molecule has 1 saturated heterocycles. The van der Waals surface area contributed by atoms with Gasteiger partial charge in [-0.2, -0.15) is 0 Å². The van der Waals surface area contributed by atoms with Gasteiger partial charge in [0.25, 0.3) is 5.91 Å². The first-order chi connectivity index (χ1) is 13.2. The van der Waals surface area contributed by atoms with E-state index in [-0.39, 0.29) is 12.0 Å². The molecule has 0 saturated carbocycles. The second-order valence-electron chi connectivity index (χ2n) is 6.87. The van der Waals surface area contributed by atoms with Crippen LogP contribution in [-0.4, -0.2) is 49.7 Å². The molecule has 1 fully saturated rings. The van der Waals surface area contributed by atoms with Gasteiger partial charge in [-0.05, 0) is 35.7 Å². The molecule has 2 heterocycles. The lowest BCUT2D eigenvalue weighted by Crippen LogP contribution is -2.37. The first-order valence-electron chi connectivity index (χ1n) is 9.32. The molecule has 140 valence electrons. The average molecular weight is 365 g/mol. The van der Waals surface area contributed by atoms with Gasteiger partial charge in [-0.15, -0.1) is 0 Å². The first kappa shape index (κ1) is 17.5. The number of amides is 2. The topological polar surface area (TPSA) is 61.9 Å². The van der Waals surface area contributed by atoms with Gasteiger partial charge in [0.2, 0.25) is 0 Å². The van der Waals surface area contributed by atoms with Crippen LogP contribution in [0, 0.1) is 0 Å². The Bertz CT molecular complexity index is 852. The molecule has 2 aliphatic rings. The van der Waals surface area contributed by atoms with Crippen LogP contribution in [0.15, 0.2) is 48.5 Å². The third kappa shape index (κ3) is 3.95. The van der Waals surface area contributed by atoms with Crippen molar-refractivity contribution in [1.82, 2.24) is 10.2 Å². The van der Waals surface area contributed by atoms with E-state index in [4.69, 9.17) is 4.74 Å². The van der Waals surface area contributed by atoms with Crippen LogP contribution >= 0.6 is 0 Å². The number of fused-ring (bicyclic) bond motifs is 1. The lowest BCUT2D eigenvalue weighted by molar-refractivity contribution is 0.0947. The molecule has 6 nitrogen and oxygen atoms in total. The molecular weight excluding hydrogens is 342 g/mol. The fourth-order valence-corrected chi connectivity index (χ4v) is 3.62. The quantitative estimate of drug-likeness (QED) is 0.884. The summed E-state index contributed by atoms with van der Waals surface area (Å²) in [5.41, 5.74) is 4.05. The summed E-state index contributed by atoms with van der Waals surface area (Å²) >= 11 is 0. The summed E-state index contributed by atoms with van der Waals surface area (Å²) in [6.45, 7) is 4.25. The van der Waals surface area contributed by atoms with Gasteiger partial charge >= 0.3 is 6.09 Å². The molecule has 2 aromatic rings. The molecule has 0 spiro atoms. The zero-order valence-corrected chi connectivity index (χ0v) is 15.2. The fraction of sp³-hybridized carbons (Fsp3) is 0.333. The maximum Gasteiger partial charge on any atom is 0.414 e. The Morgan fingerprint density at radius 2 is 1.93 bits per heavy atom. The van der Waals surface area contributed by atoms with E-state index in [1.165, 1.54) is 11.1 Å². The summed E-state index contributed by atoms with van der Waals surface area (Å²) in [5, 5.41) is 2.98. The zero-order valence-electron chi connectivity index (χ0n) is 15.2. The van der Waals surface area contributed by atoms with E-state index in [1.807, 2.05) is 6.07 Å². The van der Waals surface area contributed by atoms with E-state index in [2.05, 4.69) is 34.5 Å². The lowest BCUT2D eigenvalue weighted by atomic mass is 10.00. The third-order valence-electron chi connectivity index (χ3n) is 5.10. The number of cyclic esters (lactones) is 1. The Morgan fingerprint density at radius 3 is 2.74 bits per heavy atom. The van der Waals surface area contributed by atoms with Crippen molar-refractivity contribution in [3.63, 3.8) is 0 Å². The molecule has 0 bridgehead atoms. The predicted octanol–water partition coefficient (Wildman–Crippen LogP) is 2.43. The number of nitrogens with zero attached hydrogens (tertiary/aromatic N) is 2. The van der Waals surface area contributed by atoms with Crippen molar-refractivity contribution in [1.29, 1.82) is 0 Å². The maximum absolute atomic E-state index is 12.5. The van der Waals surface area contributed by atoms with Crippen molar-refractivity contribution in [2.24, 2.45) is 0 Å². The van der Waals surface area contributed by atoms with Crippen molar-refractivity contribution in [3.05, 3.63) is 65.2 Å². The van der Waals surface area contributed by atoms with E-state index in [0.717, 1.165) is 26.1 Å². The van der Waals surface area contributed by atoms with Crippen LogP contribution in [0.4, 0.5) is 10.5 Å². The molecule has 0 unspecified atom stereocenters. The van der Waals surface area contributed by atoms with Crippen molar-refractivity contribution in [3.8, 4) is 0 Å². The molecular formula is C21H23N3O3. The molecule has 0 aromatic heterocycles. The van der Waals surface area contributed by atoms with E-state index in [9.17, 15) is 9.59 Å². The van der Waals surface area contributed by atoms with Crippen molar-refractivity contribution in [2.45, 2.75) is 13.0 Å². The second-order valence-corrected chi connectivity index (χ2v) is 6.87. The van der Waals surface area contributed by atoms with Crippen molar-refractivity contribution >= 4 is 17.7 Å². The average Bonchev–Trinajstić information content (AvgIpc) is 3.14. The van der Waals surface area contributed by atoms with E-state index >= 15 is 0 Å². The summed E-state index contributed by atoms with van der Waals surface area (Å²) in [7, 11) is 0. The van der Waals surface area contributed by atoms with Gasteiger partial charge in [0.1, 0.15) is 6.61 Å². The molecule has 0 radical (unpaired) electrons. The Labute approximate surface area is 158 Å². The van der Waals surface area contributed by atoms with Gasteiger partial charge in [-0.25, -0.2) is 4.79 Å². The maximum atomic E-state index is 12.5. The molecule has 4 rings (SSSR count). The van der Waals surface area contributed by atoms with Crippen LogP contribution in [0.25, 0.3) is 0 Å². The summed E-state index contributed by atoms with van der Waals surface area (Å²) in [6.07, 6.45) is 0.691. The molecule has 2 amide bonds. The van der Waals surface area contributed by atoms with E-state index in [1.54, 1.807) is 23.1 Å². The summed E-state index contributed by atoms with van der Waals surface area (Å²) in [5.74, 6) is -0.123. The highest BCUT2D eigenvalue weighted by molar-refractivity contribution is 5.97. The highest BCUT2D eigenvalue weighted by Crippen LogP contribution is 2.20. The van der Waals surface area contributed by atoms with Gasteiger partial charge in [-0.3, -0.25) is 14.6 Å². The van der Waals surface area contributed by atoms with E-state index in [0.29, 0.717) is 30.9 Å². The van der Waals surface area contributed by atoms with Gasteiger partial charge < -0.3 is 10.1 Å². The normalized spacial score (nSPS) is 16.7. The molecule has 2 aromatic carbocycles. The summed E-state index contributed by atoms with van der Waals surface area (Å²) < 4.78 is 4.96. The Balaban J connectivity index is 1.30. The first-order valence-corrected chi connectivity index (χ1v) is 9.32. The standard InChI is InChI=1S/C21H23N3O3/c25-20(17-6-3-7-19(14-17)24-12-13-27-21(24)26)22-9-11-23-10-8-16-4-1-2-5-18(16)15-23/h1-7,14H,8-13,15H2,(H,22,25). The van der Waals surface area contributed by atoms with Crippen molar-refractivity contribution < 1.29 is 14.3 Å². The second kappa shape index (κ2) is 7.80. The smallest absolute Gasteiger partial charge is 0.414 e. The molecule has 2 aliphatic heterocycles. The highest BCUT2D eigenvalue weighted by atomic mass is 16.6. The minimum absolute atomic E-state index is 0.123. The highest BCUT2D eigenvalue weighted by Gasteiger charge is 2.24. The molecule has 0 atom stereocenters. The molecule has 0 aliphatic carbocycles. The van der Waals surface area contributed by atoms with Crippen molar-refractivity contribution in [2.75, 3.05) is 37.7 Å². The minimum atomic E-state index is -0.363. The Morgan fingerprint density at radius 1 is 1.07 bits per heavy atom. The van der Waals surface area contributed by atoms with Gasteiger partial charge in [0, 0.05) is 37.4 Å². The molecule has 1 N–H and O–H groups in total. The number of carbonyl (C=O) groups is 2. The number of nitrogens with one attached hydrogen (secondary N) is 1. The number of rotatable bonds is 5. The molecule has 27 heavy (non-hydrogen) atoms. The number of hydrogen-bond acceptors (Lipinski definition) is 4. The van der Waals surface area contributed by atoms with Crippen LogP contribution in [0.3, 0.4) is 0 Å². The van der Waals surface area contributed by atoms with Crippen LogP contribution in [0.1, 0.15) is 21.5 Å². The lowest BCUT2D eigenvalue weighted by Gasteiger charge is -2.28. The number of anilines is 1. The SMILES string of the molecule is O=C(NCCN1CCc2ccccc2C1)c1cccc(N2CCOC2=O)c1. The molecule has 6 heteroatoms. The van der Waals surface area contributed by atoms with Gasteiger partial charge in [0.05, 0.1) is 6.54 Å². The van der Waals surface area contributed by atoms with Gasteiger partial charge in [-0.1, -0.05) is 30.3 Å². The Hall–Kier alpha value is -2.86. The van der Waals surface area contributed by atoms with Crippen LogP contribution in [-0.2, 0) is 17.7 Å². The Kier molecular flexibility index (Phi) is 5.07. The largest absolute Gasteiger partial charge is 0.447 e. The monoisotopic (exact) mass is 365 g/mol. The number of hydrogen-bond donors (Lipinski definition) is 1. The number of benzene rings is 2. The minimum Gasteiger partial charge on any atom is -0.447 e. The number of carbonyl (C=O) groups excluding carboxylic acids is 2. The van der Waals surface area contributed by atoms with E-state index < -0.39 is 0 Å². The van der Waals surface area contributed by atoms with Crippen LogP contribution in [0.5, 0.6) is 0 Å². The zero-order chi connectivity index (χ0) is 18.6. The van der Waals surface area contributed by atoms with Gasteiger partial charge in [0.15, 0.2) is 0 Å². The van der Waals surface area contributed by atoms with Crippen LogP contribution < -0.4 is 10.2 Å².